The number of piperidine rings is 1. The van der Waals surface area contributed by atoms with E-state index in [4.69, 9.17) is 4.74 Å². The van der Waals surface area contributed by atoms with Gasteiger partial charge in [-0.05, 0) is 58.8 Å². The molecule has 0 aliphatic carbocycles. The van der Waals surface area contributed by atoms with E-state index < -0.39 is 0 Å². The number of benzene rings is 1. The van der Waals surface area contributed by atoms with Crippen molar-refractivity contribution in [3.8, 4) is 5.75 Å². The minimum Gasteiger partial charge on any atom is -0.487 e. The summed E-state index contributed by atoms with van der Waals surface area (Å²) >= 11 is 0. The van der Waals surface area contributed by atoms with E-state index in [2.05, 4.69) is 10.6 Å². The van der Waals surface area contributed by atoms with Crippen molar-refractivity contribution in [3.05, 3.63) is 29.8 Å². The number of rotatable bonds is 3. The first-order valence-corrected chi connectivity index (χ1v) is 7.25. The van der Waals surface area contributed by atoms with E-state index >= 15 is 0 Å². The van der Waals surface area contributed by atoms with Crippen LogP contribution < -0.4 is 15.4 Å². The van der Waals surface area contributed by atoms with Crippen LogP contribution in [0.3, 0.4) is 0 Å². The maximum absolute atomic E-state index is 12.4. The summed E-state index contributed by atoms with van der Waals surface area (Å²) in [6.07, 6.45) is 1.96. The van der Waals surface area contributed by atoms with Crippen molar-refractivity contribution in [3.63, 3.8) is 0 Å². The van der Waals surface area contributed by atoms with Gasteiger partial charge in [0.2, 0.25) is 0 Å². The Morgan fingerprint density at radius 2 is 1.90 bits per heavy atom. The van der Waals surface area contributed by atoms with E-state index in [-0.39, 0.29) is 17.6 Å². The average molecular weight is 276 g/mol. The zero-order valence-electron chi connectivity index (χ0n) is 12.5. The van der Waals surface area contributed by atoms with Gasteiger partial charge in [-0.1, -0.05) is 12.1 Å². The van der Waals surface area contributed by atoms with Crippen molar-refractivity contribution in [2.24, 2.45) is 0 Å². The summed E-state index contributed by atoms with van der Waals surface area (Å²) in [7, 11) is 0. The second-order valence-corrected chi connectivity index (χ2v) is 6.21. The van der Waals surface area contributed by atoms with Crippen molar-refractivity contribution in [2.45, 2.75) is 45.3 Å². The van der Waals surface area contributed by atoms with Gasteiger partial charge in [-0.3, -0.25) is 4.79 Å². The molecule has 1 aromatic carbocycles. The van der Waals surface area contributed by atoms with Gasteiger partial charge in [-0.15, -0.1) is 0 Å². The molecule has 1 aliphatic rings. The summed E-state index contributed by atoms with van der Waals surface area (Å²) in [4.78, 5) is 12.4. The van der Waals surface area contributed by atoms with Crippen LogP contribution in [0.15, 0.2) is 24.3 Å². The third kappa shape index (κ3) is 4.23. The molecule has 2 N–H and O–H groups in total. The standard InChI is InChI=1S/C16H24N2O2/c1-16(2,3)20-14-7-5-4-6-13(14)15(19)18-12-8-10-17-11-9-12/h4-7,12,17H,8-11H2,1-3H3,(H,18,19). The van der Waals surface area contributed by atoms with E-state index in [1.165, 1.54) is 0 Å². The number of hydrogen-bond donors (Lipinski definition) is 2. The van der Waals surface area contributed by atoms with Crippen LogP contribution in [-0.4, -0.2) is 30.6 Å². The van der Waals surface area contributed by atoms with Gasteiger partial charge in [0.15, 0.2) is 0 Å². The Kier molecular flexibility index (Phi) is 4.65. The van der Waals surface area contributed by atoms with Crippen molar-refractivity contribution in [1.29, 1.82) is 0 Å². The highest BCUT2D eigenvalue weighted by molar-refractivity contribution is 5.97. The van der Waals surface area contributed by atoms with E-state index in [1.54, 1.807) is 0 Å². The molecule has 0 atom stereocenters. The highest BCUT2D eigenvalue weighted by Gasteiger charge is 2.21. The number of carbonyl (C=O) groups is 1. The first-order chi connectivity index (χ1) is 9.46. The van der Waals surface area contributed by atoms with Crippen LogP contribution in [0.2, 0.25) is 0 Å². The quantitative estimate of drug-likeness (QED) is 0.891. The molecule has 4 nitrogen and oxygen atoms in total. The van der Waals surface area contributed by atoms with Crippen LogP contribution in [0.5, 0.6) is 5.75 Å². The highest BCUT2D eigenvalue weighted by atomic mass is 16.5. The molecule has 0 bridgehead atoms. The smallest absolute Gasteiger partial charge is 0.255 e. The van der Waals surface area contributed by atoms with Gasteiger partial charge in [-0.25, -0.2) is 0 Å². The minimum atomic E-state index is -0.314. The second kappa shape index (κ2) is 6.27. The molecule has 0 aromatic heterocycles. The first-order valence-electron chi connectivity index (χ1n) is 7.25. The van der Waals surface area contributed by atoms with E-state index in [9.17, 15) is 4.79 Å². The van der Waals surface area contributed by atoms with Crippen LogP contribution in [-0.2, 0) is 0 Å². The maximum atomic E-state index is 12.4. The Morgan fingerprint density at radius 1 is 1.25 bits per heavy atom. The lowest BCUT2D eigenvalue weighted by Gasteiger charge is -2.26. The summed E-state index contributed by atoms with van der Waals surface area (Å²) in [6, 6.07) is 7.68. The molecule has 0 radical (unpaired) electrons. The zero-order chi connectivity index (χ0) is 14.6. The van der Waals surface area contributed by atoms with Gasteiger partial charge in [-0.2, -0.15) is 0 Å². The predicted octanol–water partition coefficient (Wildman–Crippen LogP) is 2.35. The number of hydrogen-bond acceptors (Lipinski definition) is 3. The van der Waals surface area contributed by atoms with Crippen molar-refractivity contribution >= 4 is 5.91 Å². The Hall–Kier alpha value is -1.55. The largest absolute Gasteiger partial charge is 0.487 e. The summed E-state index contributed by atoms with van der Waals surface area (Å²) in [5.74, 6) is 0.600. The van der Waals surface area contributed by atoms with Gasteiger partial charge >= 0.3 is 0 Å². The van der Waals surface area contributed by atoms with Crippen molar-refractivity contribution < 1.29 is 9.53 Å². The number of carbonyl (C=O) groups excluding carboxylic acids is 1. The van der Waals surface area contributed by atoms with E-state index in [1.807, 2.05) is 45.0 Å². The SMILES string of the molecule is CC(C)(C)Oc1ccccc1C(=O)NC1CCNCC1. The predicted molar refractivity (Wildman–Crippen MR) is 80.2 cm³/mol. The lowest BCUT2D eigenvalue weighted by atomic mass is 10.1. The second-order valence-electron chi connectivity index (χ2n) is 6.21. The molecular weight excluding hydrogens is 252 g/mol. The molecule has 1 amide bonds. The van der Waals surface area contributed by atoms with E-state index in [0.29, 0.717) is 11.3 Å². The first kappa shape index (κ1) is 14.9. The molecule has 1 aromatic rings. The van der Waals surface area contributed by atoms with Gasteiger partial charge in [0, 0.05) is 6.04 Å². The van der Waals surface area contributed by atoms with Crippen molar-refractivity contribution in [1.82, 2.24) is 10.6 Å². The lowest BCUT2D eigenvalue weighted by molar-refractivity contribution is 0.0910. The van der Waals surface area contributed by atoms with Crippen LogP contribution in [0, 0.1) is 0 Å². The zero-order valence-corrected chi connectivity index (χ0v) is 12.5. The molecule has 1 saturated heterocycles. The molecule has 0 saturated carbocycles. The Morgan fingerprint density at radius 3 is 2.55 bits per heavy atom. The average Bonchev–Trinajstić information content (AvgIpc) is 2.38. The van der Waals surface area contributed by atoms with Crippen LogP contribution in [0.25, 0.3) is 0 Å². The molecule has 20 heavy (non-hydrogen) atoms. The summed E-state index contributed by atoms with van der Waals surface area (Å²) < 4.78 is 5.87. The molecule has 1 aliphatic heterocycles. The summed E-state index contributed by atoms with van der Waals surface area (Å²) in [5.41, 5.74) is 0.298. The molecular formula is C16H24N2O2. The Bertz CT molecular complexity index is 460. The number of ether oxygens (including phenoxy) is 1. The van der Waals surface area contributed by atoms with Crippen molar-refractivity contribution in [2.75, 3.05) is 13.1 Å². The van der Waals surface area contributed by atoms with Gasteiger partial charge in [0.05, 0.1) is 5.56 Å². The van der Waals surface area contributed by atoms with E-state index in [0.717, 1.165) is 25.9 Å². The summed E-state index contributed by atoms with van der Waals surface area (Å²) in [5, 5.41) is 6.40. The fourth-order valence-electron chi connectivity index (χ4n) is 2.30. The molecule has 1 heterocycles. The molecule has 1 fully saturated rings. The van der Waals surface area contributed by atoms with Crippen LogP contribution in [0.1, 0.15) is 44.0 Å². The Balaban J connectivity index is 2.08. The fourth-order valence-corrected chi connectivity index (χ4v) is 2.30. The minimum absolute atomic E-state index is 0.0447. The van der Waals surface area contributed by atoms with Gasteiger partial charge in [0.1, 0.15) is 11.4 Å². The van der Waals surface area contributed by atoms with Crippen LogP contribution >= 0.6 is 0 Å². The number of nitrogens with one attached hydrogen (secondary N) is 2. The molecule has 0 spiro atoms. The molecule has 110 valence electrons. The lowest BCUT2D eigenvalue weighted by Crippen LogP contribution is -2.42. The monoisotopic (exact) mass is 276 g/mol. The molecule has 4 heteroatoms. The fraction of sp³-hybridized carbons (Fsp3) is 0.562. The summed E-state index contributed by atoms with van der Waals surface area (Å²) in [6.45, 7) is 7.87. The van der Waals surface area contributed by atoms with Crippen LogP contribution in [0.4, 0.5) is 0 Å². The highest BCUT2D eigenvalue weighted by Crippen LogP contribution is 2.23. The number of amides is 1. The molecule has 0 unspecified atom stereocenters. The maximum Gasteiger partial charge on any atom is 0.255 e. The third-order valence-corrected chi connectivity index (χ3v) is 3.22. The third-order valence-electron chi connectivity index (χ3n) is 3.22. The van der Waals surface area contributed by atoms with Gasteiger partial charge in [0.25, 0.3) is 5.91 Å². The molecule has 2 rings (SSSR count). The normalized spacial score (nSPS) is 16.8. The van der Waals surface area contributed by atoms with Gasteiger partial charge < -0.3 is 15.4 Å². The topological polar surface area (TPSA) is 50.4 Å². The number of para-hydroxylation sites is 1. The Labute approximate surface area is 120 Å².